The molecule has 1 saturated heterocycles. The van der Waals surface area contributed by atoms with Crippen LogP contribution in [0.4, 0.5) is 0 Å². The van der Waals surface area contributed by atoms with Crippen LogP contribution in [-0.2, 0) is 0 Å². The minimum atomic E-state index is -0.177. The number of methoxy groups -OCH3 is 1. The number of carbonyl (C=O) groups excluding carboxylic acids is 1. The topological polar surface area (TPSA) is 64.1 Å². The average molecular weight is 239 g/mol. The Morgan fingerprint density at radius 1 is 1.56 bits per heavy atom. The molecule has 1 atom stereocenters. The van der Waals surface area contributed by atoms with Crippen LogP contribution in [0, 0.1) is 0 Å². The molecule has 1 aromatic rings. The summed E-state index contributed by atoms with van der Waals surface area (Å²) in [6.45, 7) is 0.851. The number of Topliss-reactive ketones (excluding diaryl/α,β-unsaturated/α-hetero) is 1. The van der Waals surface area contributed by atoms with E-state index in [9.17, 15) is 4.79 Å². The molecule has 16 heavy (non-hydrogen) atoms. The first kappa shape index (κ1) is 11.3. The minimum Gasteiger partial charge on any atom is -0.479 e. The Bertz CT molecular complexity index is 380. The lowest BCUT2D eigenvalue weighted by molar-refractivity contribution is 0.0944. The van der Waals surface area contributed by atoms with Gasteiger partial charge < -0.3 is 10.1 Å². The van der Waals surface area contributed by atoms with Gasteiger partial charge in [0.05, 0.1) is 13.2 Å². The van der Waals surface area contributed by atoms with Gasteiger partial charge >= 0.3 is 0 Å². The Morgan fingerprint density at radius 3 is 3.06 bits per heavy atom. The third kappa shape index (κ3) is 2.33. The molecular formula is C10H13N3O2S. The highest BCUT2D eigenvalue weighted by Crippen LogP contribution is 2.16. The SMILES string of the molecule is COc1nccnc1C(=O)C1CSCCN1. The van der Waals surface area contributed by atoms with Gasteiger partial charge in [-0.05, 0) is 0 Å². The van der Waals surface area contributed by atoms with E-state index in [1.54, 1.807) is 11.8 Å². The van der Waals surface area contributed by atoms with Gasteiger partial charge in [0.1, 0.15) is 0 Å². The Morgan fingerprint density at radius 2 is 2.38 bits per heavy atom. The van der Waals surface area contributed by atoms with Gasteiger partial charge in [-0.3, -0.25) is 4.79 Å². The molecule has 6 heteroatoms. The van der Waals surface area contributed by atoms with Crippen molar-refractivity contribution in [1.29, 1.82) is 0 Å². The predicted octanol–water partition coefficient (Wildman–Crippen LogP) is 0.373. The van der Waals surface area contributed by atoms with Gasteiger partial charge in [-0.25, -0.2) is 9.97 Å². The molecule has 0 amide bonds. The van der Waals surface area contributed by atoms with E-state index in [-0.39, 0.29) is 11.8 Å². The molecule has 86 valence electrons. The number of rotatable bonds is 3. The molecule has 1 fully saturated rings. The van der Waals surface area contributed by atoms with Crippen LogP contribution in [0.2, 0.25) is 0 Å². The second-order valence-corrected chi connectivity index (χ2v) is 4.51. The summed E-state index contributed by atoms with van der Waals surface area (Å²) in [5.74, 6) is 2.07. The number of thioether (sulfide) groups is 1. The van der Waals surface area contributed by atoms with Crippen LogP contribution in [0.25, 0.3) is 0 Å². The Kier molecular flexibility index (Phi) is 3.74. The fourth-order valence-electron chi connectivity index (χ4n) is 1.54. The van der Waals surface area contributed by atoms with Crippen molar-refractivity contribution in [2.75, 3.05) is 25.2 Å². The fourth-order valence-corrected chi connectivity index (χ4v) is 2.48. The van der Waals surface area contributed by atoms with Gasteiger partial charge in [0.2, 0.25) is 11.7 Å². The van der Waals surface area contributed by atoms with Gasteiger partial charge in [-0.1, -0.05) is 0 Å². The molecule has 0 radical (unpaired) electrons. The molecule has 0 aliphatic carbocycles. The summed E-state index contributed by atoms with van der Waals surface area (Å²) in [6, 6.07) is -0.177. The maximum Gasteiger partial charge on any atom is 0.243 e. The van der Waals surface area contributed by atoms with Crippen LogP contribution < -0.4 is 10.1 Å². The van der Waals surface area contributed by atoms with Gasteiger partial charge in [0.25, 0.3) is 0 Å². The maximum atomic E-state index is 12.1. The van der Waals surface area contributed by atoms with Crippen molar-refractivity contribution in [2.45, 2.75) is 6.04 Å². The molecule has 1 aliphatic heterocycles. The monoisotopic (exact) mass is 239 g/mol. The molecule has 5 nitrogen and oxygen atoms in total. The molecule has 0 bridgehead atoms. The lowest BCUT2D eigenvalue weighted by Gasteiger charge is -2.21. The molecule has 2 heterocycles. The molecule has 1 aliphatic rings. The van der Waals surface area contributed by atoms with E-state index < -0.39 is 0 Å². The maximum absolute atomic E-state index is 12.1. The van der Waals surface area contributed by atoms with Crippen molar-refractivity contribution in [2.24, 2.45) is 0 Å². The zero-order valence-corrected chi connectivity index (χ0v) is 9.79. The number of aromatic nitrogens is 2. The number of nitrogens with zero attached hydrogens (tertiary/aromatic N) is 2. The normalized spacial score (nSPS) is 20.4. The zero-order valence-electron chi connectivity index (χ0n) is 8.97. The van der Waals surface area contributed by atoms with Crippen molar-refractivity contribution in [3.8, 4) is 5.88 Å². The number of ether oxygens (including phenoxy) is 1. The second-order valence-electron chi connectivity index (χ2n) is 3.36. The summed E-state index contributed by atoms with van der Waals surface area (Å²) in [7, 11) is 1.49. The van der Waals surface area contributed by atoms with Crippen LogP contribution in [0.15, 0.2) is 12.4 Å². The van der Waals surface area contributed by atoms with Crippen LogP contribution in [0.3, 0.4) is 0 Å². The minimum absolute atomic E-state index is 0.0443. The first-order chi connectivity index (χ1) is 7.83. The summed E-state index contributed by atoms with van der Waals surface area (Å²) in [5, 5.41) is 3.17. The molecule has 1 N–H and O–H groups in total. The lowest BCUT2D eigenvalue weighted by Crippen LogP contribution is -2.43. The van der Waals surface area contributed by atoms with Crippen LogP contribution in [-0.4, -0.2) is 47.0 Å². The van der Waals surface area contributed by atoms with E-state index in [1.807, 2.05) is 0 Å². The molecular weight excluding hydrogens is 226 g/mol. The van der Waals surface area contributed by atoms with Crippen LogP contribution >= 0.6 is 11.8 Å². The lowest BCUT2D eigenvalue weighted by atomic mass is 10.1. The van der Waals surface area contributed by atoms with E-state index in [1.165, 1.54) is 19.5 Å². The quantitative estimate of drug-likeness (QED) is 0.769. The summed E-state index contributed by atoms with van der Waals surface area (Å²) in [6.07, 6.45) is 3.02. The summed E-state index contributed by atoms with van der Waals surface area (Å²) >= 11 is 1.77. The third-order valence-corrected chi connectivity index (χ3v) is 3.39. The summed E-state index contributed by atoms with van der Waals surface area (Å²) < 4.78 is 5.03. The smallest absolute Gasteiger partial charge is 0.243 e. The first-order valence-electron chi connectivity index (χ1n) is 5.03. The third-order valence-electron chi connectivity index (χ3n) is 2.33. The molecule has 0 saturated carbocycles. The number of carbonyl (C=O) groups is 1. The van der Waals surface area contributed by atoms with Crippen molar-refractivity contribution in [3.05, 3.63) is 18.1 Å². The highest BCUT2D eigenvalue weighted by Gasteiger charge is 2.26. The Labute approximate surface area is 98.0 Å². The molecule has 0 aromatic carbocycles. The molecule has 2 rings (SSSR count). The largest absolute Gasteiger partial charge is 0.479 e. The van der Waals surface area contributed by atoms with E-state index in [0.717, 1.165) is 18.1 Å². The van der Waals surface area contributed by atoms with Gasteiger partial charge in [-0.2, -0.15) is 11.8 Å². The van der Waals surface area contributed by atoms with Crippen molar-refractivity contribution in [3.63, 3.8) is 0 Å². The zero-order chi connectivity index (χ0) is 11.4. The molecule has 1 unspecified atom stereocenters. The summed E-state index contributed by atoms with van der Waals surface area (Å²) in [4.78, 5) is 20.1. The first-order valence-corrected chi connectivity index (χ1v) is 6.18. The van der Waals surface area contributed by atoms with Crippen molar-refractivity contribution < 1.29 is 9.53 Å². The number of nitrogens with one attached hydrogen (secondary N) is 1. The van der Waals surface area contributed by atoms with Crippen molar-refractivity contribution >= 4 is 17.5 Å². The molecule has 0 spiro atoms. The standard InChI is InChI=1S/C10H13N3O2S/c1-15-10-8(12-2-3-13-10)9(14)7-6-16-5-4-11-7/h2-3,7,11H,4-6H2,1H3. The molecule has 1 aromatic heterocycles. The van der Waals surface area contributed by atoms with Gasteiger partial charge in [0.15, 0.2) is 5.69 Å². The predicted molar refractivity (Wildman–Crippen MR) is 62.0 cm³/mol. The fraction of sp³-hybridized carbons (Fsp3) is 0.500. The van der Waals surface area contributed by atoms with Gasteiger partial charge in [-0.15, -0.1) is 0 Å². The van der Waals surface area contributed by atoms with Gasteiger partial charge in [0, 0.05) is 30.4 Å². The van der Waals surface area contributed by atoms with E-state index in [0.29, 0.717) is 11.6 Å². The number of hydrogen-bond donors (Lipinski definition) is 1. The van der Waals surface area contributed by atoms with E-state index in [4.69, 9.17) is 4.74 Å². The van der Waals surface area contributed by atoms with Crippen molar-refractivity contribution in [1.82, 2.24) is 15.3 Å². The van der Waals surface area contributed by atoms with Crippen LogP contribution in [0.1, 0.15) is 10.5 Å². The Balaban J connectivity index is 2.19. The highest BCUT2D eigenvalue weighted by atomic mass is 32.2. The van der Waals surface area contributed by atoms with Crippen LogP contribution in [0.5, 0.6) is 5.88 Å². The van der Waals surface area contributed by atoms with E-state index in [2.05, 4.69) is 15.3 Å². The highest BCUT2D eigenvalue weighted by molar-refractivity contribution is 7.99. The number of hydrogen-bond acceptors (Lipinski definition) is 6. The number of ketones is 1. The average Bonchev–Trinajstić information content (AvgIpc) is 2.39. The Hall–Kier alpha value is -1.14. The second kappa shape index (κ2) is 5.27. The van der Waals surface area contributed by atoms with E-state index >= 15 is 0 Å². The summed E-state index contributed by atoms with van der Waals surface area (Å²) in [5.41, 5.74) is 0.310.